The minimum atomic E-state index is 0.274. The third kappa shape index (κ3) is 4.28. The predicted octanol–water partition coefficient (Wildman–Crippen LogP) is 3.32. The lowest BCUT2D eigenvalue weighted by Crippen LogP contribution is -2.51. The minimum absolute atomic E-state index is 0.274. The fourth-order valence-corrected chi connectivity index (χ4v) is 4.81. The summed E-state index contributed by atoms with van der Waals surface area (Å²) >= 11 is 12.5. The molecule has 1 atom stereocenters. The van der Waals surface area contributed by atoms with Gasteiger partial charge in [-0.15, -0.1) is 0 Å². The summed E-state index contributed by atoms with van der Waals surface area (Å²) in [4.78, 5) is 16.1. The maximum atomic E-state index is 6.36. The number of anilines is 2. The summed E-state index contributed by atoms with van der Waals surface area (Å²) in [6.45, 7) is 6.83. The second-order valence-electron chi connectivity index (χ2n) is 8.31. The Morgan fingerprint density at radius 2 is 1.84 bits per heavy atom. The minimum Gasteiger partial charge on any atom is -0.383 e. The van der Waals surface area contributed by atoms with Crippen LogP contribution >= 0.6 is 23.2 Å². The van der Waals surface area contributed by atoms with Gasteiger partial charge in [0.25, 0.3) is 0 Å². The van der Waals surface area contributed by atoms with E-state index in [1.807, 2.05) is 18.3 Å². The lowest BCUT2D eigenvalue weighted by atomic mass is 10.0. The first-order valence-electron chi connectivity index (χ1n) is 10.9. The molecule has 0 saturated carbocycles. The molecule has 8 nitrogen and oxygen atoms in total. The van der Waals surface area contributed by atoms with Crippen LogP contribution in [0.5, 0.6) is 0 Å². The van der Waals surface area contributed by atoms with E-state index in [1.165, 1.54) is 18.3 Å². The van der Waals surface area contributed by atoms with E-state index in [1.54, 1.807) is 6.20 Å². The van der Waals surface area contributed by atoms with Gasteiger partial charge in [0, 0.05) is 50.5 Å². The topological polar surface area (TPSA) is 90.2 Å². The summed E-state index contributed by atoms with van der Waals surface area (Å²) in [5, 5.41) is 8.11. The van der Waals surface area contributed by atoms with E-state index in [2.05, 4.69) is 40.9 Å². The van der Waals surface area contributed by atoms with Gasteiger partial charge < -0.3 is 15.5 Å². The molecule has 5 rings (SSSR count). The highest BCUT2D eigenvalue weighted by molar-refractivity contribution is 6.42. The number of aromatic amines is 1. The SMILES string of the molecule is Nc1ncnc(N2CCN(C(CN3CCC3)c3ccc(Cl)c(Cl)c3)CC2)c1-c1cn[nH]c1. The third-order valence-electron chi connectivity index (χ3n) is 6.41. The molecule has 2 aliphatic heterocycles. The molecule has 0 spiro atoms. The van der Waals surface area contributed by atoms with Crippen molar-refractivity contribution in [2.45, 2.75) is 12.5 Å². The standard InChI is InChI=1S/C22H26Cl2N8/c23-17-3-2-15(10-18(17)24)19(13-30-4-1-5-30)31-6-8-32(9-7-31)22-20(16-11-28-29-12-16)21(25)26-14-27-22/h2-3,10-12,14,19H,1,4-9,13H2,(H,28,29)(H2,25,26,27). The van der Waals surface area contributed by atoms with Crippen molar-refractivity contribution in [1.82, 2.24) is 30.0 Å². The number of aromatic nitrogens is 4. The number of nitrogens with two attached hydrogens (primary N) is 1. The number of piperazine rings is 1. The maximum Gasteiger partial charge on any atom is 0.142 e. The molecule has 2 fully saturated rings. The van der Waals surface area contributed by atoms with Gasteiger partial charge in [0.2, 0.25) is 0 Å². The highest BCUT2D eigenvalue weighted by Gasteiger charge is 2.30. The van der Waals surface area contributed by atoms with Gasteiger partial charge in [-0.1, -0.05) is 29.3 Å². The van der Waals surface area contributed by atoms with Crippen LogP contribution in [0.2, 0.25) is 10.0 Å². The number of nitrogens with one attached hydrogen (secondary N) is 1. The van der Waals surface area contributed by atoms with Gasteiger partial charge in [0.1, 0.15) is 18.0 Å². The Hall–Kier alpha value is -2.39. The van der Waals surface area contributed by atoms with Gasteiger partial charge in [0.05, 0.1) is 21.8 Å². The number of hydrogen-bond acceptors (Lipinski definition) is 7. The van der Waals surface area contributed by atoms with Gasteiger partial charge in [-0.3, -0.25) is 10.00 Å². The second-order valence-corrected chi connectivity index (χ2v) is 9.13. The Morgan fingerprint density at radius 1 is 1.03 bits per heavy atom. The second kappa shape index (κ2) is 9.23. The van der Waals surface area contributed by atoms with E-state index in [9.17, 15) is 0 Å². The largest absolute Gasteiger partial charge is 0.383 e. The number of likely N-dealkylation sites (tertiary alicyclic amines) is 1. The monoisotopic (exact) mass is 472 g/mol. The molecule has 10 heteroatoms. The zero-order valence-corrected chi connectivity index (χ0v) is 19.2. The zero-order chi connectivity index (χ0) is 22.1. The molecule has 32 heavy (non-hydrogen) atoms. The van der Waals surface area contributed by atoms with Crippen LogP contribution in [0.1, 0.15) is 18.0 Å². The fraction of sp³-hybridized carbons (Fsp3) is 0.409. The lowest BCUT2D eigenvalue weighted by molar-refractivity contribution is 0.0966. The molecule has 0 radical (unpaired) electrons. The molecule has 2 aliphatic rings. The molecule has 3 N–H and O–H groups in total. The predicted molar refractivity (Wildman–Crippen MR) is 128 cm³/mol. The highest BCUT2D eigenvalue weighted by Crippen LogP contribution is 2.34. The summed E-state index contributed by atoms with van der Waals surface area (Å²) in [5.41, 5.74) is 9.15. The van der Waals surface area contributed by atoms with Crippen molar-refractivity contribution in [1.29, 1.82) is 0 Å². The number of rotatable bonds is 6. The van der Waals surface area contributed by atoms with Crippen LogP contribution in [-0.4, -0.2) is 75.8 Å². The van der Waals surface area contributed by atoms with E-state index < -0.39 is 0 Å². The number of halogens is 2. The normalized spacial score (nSPS) is 18.5. The van der Waals surface area contributed by atoms with Crippen LogP contribution in [0, 0.1) is 0 Å². The van der Waals surface area contributed by atoms with Crippen LogP contribution in [0.3, 0.4) is 0 Å². The number of nitrogens with zero attached hydrogens (tertiary/aromatic N) is 6. The van der Waals surface area contributed by atoms with Gasteiger partial charge in [-0.25, -0.2) is 9.97 Å². The smallest absolute Gasteiger partial charge is 0.142 e. The van der Waals surface area contributed by atoms with E-state index in [0.29, 0.717) is 15.9 Å². The Morgan fingerprint density at radius 3 is 2.50 bits per heavy atom. The van der Waals surface area contributed by atoms with Crippen molar-refractivity contribution in [3.8, 4) is 11.1 Å². The van der Waals surface area contributed by atoms with E-state index in [4.69, 9.17) is 28.9 Å². The Labute approximate surface area is 197 Å². The summed E-state index contributed by atoms with van der Waals surface area (Å²) in [5.74, 6) is 1.32. The fourth-order valence-electron chi connectivity index (χ4n) is 4.50. The molecule has 2 aromatic heterocycles. The molecule has 1 aromatic carbocycles. The lowest BCUT2D eigenvalue weighted by Gasteiger charge is -2.43. The summed E-state index contributed by atoms with van der Waals surface area (Å²) in [6.07, 6.45) is 6.38. The Kier molecular flexibility index (Phi) is 6.19. The maximum absolute atomic E-state index is 6.36. The Balaban J connectivity index is 1.36. The van der Waals surface area contributed by atoms with Crippen molar-refractivity contribution in [2.75, 3.05) is 56.4 Å². The van der Waals surface area contributed by atoms with Crippen molar-refractivity contribution in [2.24, 2.45) is 0 Å². The molecule has 3 aromatic rings. The summed E-state index contributed by atoms with van der Waals surface area (Å²) in [7, 11) is 0. The zero-order valence-electron chi connectivity index (χ0n) is 17.7. The van der Waals surface area contributed by atoms with Crippen molar-refractivity contribution in [3.05, 3.63) is 52.5 Å². The van der Waals surface area contributed by atoms with Crippen molar-refractivity contribution < 1.29 is 0 Å². The quantitative estimate of drug-likeness (QED) is 0.568. The molecular formula is C22H26Cl2N8. The average Bonchev–Trinajstić information content (AvgIpc) is 3.30. The number of nitrogen functional groups attached to an aromatic ring is 1. The average molecular weight is 473 g/mol. The van der Waals surface area contributed by atoms with Crippen LogP contribution in [0.25, 0.3) is 11.1 Å². The highest BCUT2D eigenvalue weighted by atomic mass is 35.5. The van der Waals surface area contributed by atoms with Crippen LogP contribution in [0.4, 0.5) is 11.6 Å². The molecule has 0 aliphatic carbocycles. The van der Waals surface area contributed by atoms with Gasteiger partial charge in [0.15, 0.2) is 0 Å². The first-order chi connectivity index (χ1) is 15.6. The van der Waals surface area contributed by atoms with E-state index in [0.717, 1.165) is 62.8 Å². The van der Waals surface area contributed by atoms with Crippen molar-refractivity contribution >= 4 is 34.8 Å². The van der Waals surface area contributed by atoms with E-state index >= 15 is 0 Å². The third-order valence-corrected chi connectivity index (χ3v) is 7.15. The molecule has 4 heterocycles. The molecular weight excluding hydrogens is 447 g/mol. The number of H-pyrrole nitrogens is 1. The summed E-state index contributed by atoms with van der Waals surface area (Å²) in [6, 6.07) is 6.30. The van der Waals surface area contributed by atoms with E-state index in [-0.39, 0.29) is 6.04 Å². The molecule has 0 amide bonds. The van der Waals surface area contributed by atoms with Crippen molar-refractivity contribution in [3.63, 3.8) is 0 Å². The first kappa shape index (κ1) is 21.5. The first-order valence-corrected chi connectivity index (χ1v) is 11.6. The van der Waals surface area contributed by atoms with Gasteiger partial charge in [-0.2, -0.15) is 5.10 Å². The molecule has 1 unspecified atom stereocenters. The van der Waals surface area contributed by atoms with Crippen LogP contribution < -0.4 is 10.6 Å². The van der Waals surface area contributed by atoms with Crippen LogP contribution in [-0.2, 0) is 0 Å². The van der Waals surface area contributed by atoms with Gasteiger partial charge >= 0.3 is 0 Å². The van der Waals surface area contributed by atoms with Crippen LogP contribution in [0.15, 0.2) is 36.9 Å². The number of hydrogen-bond donors (Lipinski definition) is 2. The molecule has 0 bridgehead atoms. The molecule has 168 valence electrons. The summed E-state index contributed by atoms with van der Waals surface area (Å²) < 4.78 is 0. The Bertz CT molecular complexity index is 1060. The number of benzene rings is 1. The van der Waals surface area contributed by atoms with Gasteiger partial charge in [-0.05, 0) is 37.2 Å². The molecule has 2 saturated heterocycles.